The van der Waals surface area contributed by atoms with Gasteiger partial charge in [0, 0.05) is 47.3 Å². The highest BCUT2D eigenvalue weighted by atomic mass is 16.4. The highest BCUT2D eigenvalue weighted by Crippen LogP contribution is 2.36. The molecule has 0 bridgehead atoms. The zero-order valence-electron chi connectivity index (χ0n) is 22.8. The average molecular weight is 364 g/mol. The van der Waals surface area contributed by atoms with Crippen molar-refractivity contribution in [3.8, 4) is 22.7 Å². The van der Waals surface area contributed by atoms with Crippen molar-refractivity contribution >= 4 is 21.9 Å². The van der Waals surface area contributed by atoms with Crippen LogP contribution in [0, 0.1) is 20.6 Å². The molecule has 0 fully saturated rings. The largest absolute Gasteiger partial charge is 0.455 e. The predicted octanol–water partition coefficient (Wildman–Crippen LogP) is 5.62. The molecular weight excluding hydrogens is 338 g/mol. The molecule has 0 aliphatic heterocycles. The van der Waals surface area contributed by atoms with Gasteiger partial charge in [-0.2, -0.15) is 0 Å². The second-order valence-corrected chi connectivity index (χ2v) is 6.02. The van der Waals surface area contributed by atoms with E-state index in [4.69, 9.17) is 21.2 Å². The number of nitrogens with zero attached hydrogens (tertiary/aromatic N) is 3. The molecule has 0 saturated heterocycles. The van der Waals surface area contributed by atoms with Crippen LogP contribution >= 0.6 is 0 Å². The summed E-state index contributed by atoms with van der Waals surface area (Å²) in [5.74, 6) is -0.450. The van der Waals surface area contributed by atoms with Crippen molar-refractivity contribution in [2.75, 3.05) is 0 Å². The number of aryl methyl sites for hydroxylation is 3. The second kappa shape index (κ2) is 5.77. The summed E-state index contributed by atoms with van der Waals surface area (Å²) in [6, 6.07) is 11.6. The zero-order chi connectivity index (χ0) is 26.0. The van der Waals surface area contributed by atoms with Gasteiger partial charge in [-0.1, -0.05) is 12.1 Å². The van der Waals surface area contributed by atoms with Crippen molar-refractivity contribution in [3.05, 3.63) is 65.7 Å². The Labute approximate surface area is 168 Å². The van der Waals surface area contributed by atoms with Crippen molar-refractivity contribution in [3.63, 3.8) is 0 Å². The molecule has 5 nitrogen and oxygen atoms in total. The monoisotopic (exact) mass is 364 g/mol. The summed E-state index contributed by atoms with van der Waals surface area (Å²) >= 11 is 0. The maximum absolute atomic E-state index is 7.83. The van der Waals surface area contributed by atoms with Crippen LogP contribution < -0.4 is 0 Å². The Kier molecular flexibility index (Phi) is 1.91. The molecule has 5 heteroatoms. The van der Waals surface area contributed by atoms with E-state index in [1.807, 2.05) is 6.07 Å². The van der Waals surface area contributed by atoms with Gasteiger partial charge in [0.05, 0.1) is 5.69 Å². The van der Waals surface area contributed by atoms with Crippen LogP contribution in [0.25, 0.3) is 44.7 Å². The lowest BCUT2D eigenvalue weighted by Gasteiger charge is -2.05. The summed E-state index contributed by atoms with van der Waals surface area (Å²) in [4.78, 5) is 4.24. The molecule has 5 rings (SSSR count). The van der Waals surface area contributed by atoms with Gasteiger partial charge in [0.2, 0.25) is 11.8 Å². The van der Waals surface area contributed by atoms with Gasteiger partial charge in [0.15, 0.2) is 0 Å². The van der Waals surface area contributed by atoms with Gasteiger partial charge in [-0.15, -0.1) is 10.2 Å². The van der Waals surface area contributed by atoms with E-state index in [0.29, 0.717) is 22.3 Å². The van der Waals surface area contributed by atoms with Crippen LogP contribution in [-0.2, 0) is 0 Å². The number of aromatic nitrogens is 3. The SMILES string of the molecule is [2H]C([2H])([2H])c1nnc(-c2ccc3c(c2)oc2c(-c4cc(C([2H])([2H])[2H])c(C([2H])([2H])[2H])cn4)cccc23)o1. The average Bonchev–Trinajstić information content (AvgIpc) is 3.42. The normalized spacial score (nSPS) is 17.9. The third kappa shape index (κ3) is 2.51. The first-order valence-corrected chi connectivity index (χ1v) is 8.04. The Morgan fingerprint density at radius 1 is 0.889 bits per heavy atom. The van der Waals surface area contributed by atoms with Gasteiger partial charge in [-0.3, -0.25) is 4.98 Å². The molecule has 132 valence electrons. The number of hydrogen-bond donors (Lipinski definition) is 0. The van der Waals surface area contributed by atoms with E-state index >= 15 is 0 Å². The van der Waals surface area contributed by atoms with E-state index < -0.39 is 26.4 Å². The summed E-state index contributed by atoms with van der Waals surface area (Å²) in [5.41, 5.74) is 1.42. The molecule has 0 spiro atoms. The standard InChI is InChI=1S/C22H17N3O2/c1-12-9-19(23-11-13(12)2)18-6-4-5-17-16-8-7-15(10-20(16)27-21(17)18)22-25-24-14(3)26-22/h4-11H,1-3H3/i1D3,2D3,3D3. The summed E-state index contributed by atoms with van der Waals surface area (Å²) in [7, 11) is 0. The van der Waals surface area contributed by atoms with Gasteiger partial charge < -0.3 is 8.83 Å². The van der Waals surface area contributed by atoms with Crippen LogP contribution in [0.5, 0.6) is 0 Å². The van der Waals surface area contributed by atoms with Crippen LogP contribution in [0.1, 0.15) is 29.4 Å². The number of pyridine rings is 1. The fourth-order valence-electron chi connectivity index (χ4n) is 3.08. The fourth-order valence-corrected chi connectivity index (χ4v) is 3.08. The molecular formula is C22H17N3O2. The Morgan fingerprint density at radius 3 is 2.70 bits per heavy atom. The molecule has 0 aliphatic carbocycles. The van der Waals surface area contributed by atoms with E-state index in [1.54, 1.807) is 30.3 Å². The molecule has 5 aromatic rings. The number of para-hydroxylation sites is 1. The Balaban J connectivity index is 1.65. The molecule has 2 aromatic carbocycles. The van der Waals surface area contributed by atoms with Gasteiger partial charge in [-0.25, -0.2) is 0 Å². The van der Waals surface area contributed by atoms with Gasteiger partial charge in [0.1, 0.15) is 11.2 Å². The number of fused-ring (bicyclic) bond motifs is 3. The minimum absolute atomic E-state index is 0.0212. The van der Waals surface area contributed by atoms with Gasteiger partial charge in [0.25, 0.3) is 0 Å². The molecule has 0 aliphatic rings. The first-order chi connectivity index (χ1) is 16.7. The van der Waals surface area contributed by atoms with Gasteiger partial charge in [-0.05, 0) is 55.2 Å². The van der Waals surface area contributed by atoms with Crippen LogP contribution in [0.15, 0.2) is 57.5 Å². The maximum Gasteiger partial charge on any atom is 0.247 e. The molecule has 3 aromatic heterocycles. The molecule has 0 amide bonds. The van der Waals surface area contributed by atoms with E-state index in [2.05, 4.69) is 15.2 Å². The first-order valence-electron chi connectivity index (χ1n) is 12.5. The number of benzene rings is 2. The van der Waals surface area contributed by atoms with Crippen LogP contribution in [0.2, 0.25) is 0 Å². The van der Waals surface area contributed by atoms with Crippen LogP contribution in [-0.4, -0.2) is 15.2 Å². The van der Waals surface area contributed by atoms with E-state index in [0.717, 1.165) is 17.0 Å². The van der Waals surface area contributed by atoms with Crippen LogP contribution in [0.4, 0.5) is 0 Å². The molecule has 0 N–H and O–H groups in total. The van der Waals surface area contributed by atoms with E-state index in [1.165, 1.54) is 6.07 Å². The highest BCUT2D eigenvalue weighted by molar-refractivity contribution is 6.09. The zero-order valence-corrected chi connectivity index (χ0v) is 13.8. The van der Waals surface area contributed by atoms with E-state index in [-0.39, 0.29) is 22.7 Å². The van der Waals surface area contributed by atoms with Crippen molar-refractivity contribution in [1.29, 1.82) is 0 Å². The molecule has 27 heavy (non-hydrogen) atoms. The Bertz CT molecular complexity index is 1610. The summed E-state index contributed by atoms with van der Waals surface area (Å²) in [6.07, 6.45) is 1.07. The van der Waals surface area contributed by atoms with Crippen molar-refractivity contribution in [2.45, 2.75) is 20.6 Å². The number of furan rings is 1. The lowest BCUT2D eigenvalue weighted by atomic mass is 10.0. The van der Waals surface area contributed by atoms with Crippen molar-refractivity contribution < 1.29 is 21.2 Å². The quantitative estimate of drug-likeness (QED) is 0.406. The number of rotatable bonds is 2. The second-order valence-electron chi connectivity index (χ2n) is 6.02. The topological polar surface area (TPSA) is 65.0 Å². The minimum Gasteiger partial charge on any atom is -0.455 e. The summed E-state index contributed by atoms with van der Waals surface area (Å²) < 4.78 is 80.1. The molecule has 3 heterocycles. The summed E-state index contributed by atoms with van der Waals surface area (Å²) in [6.45, 7) is -7.82. The predicted molar refractivity (Wildman–Crippen MR) is 104 cm³/mol. The lowest BCUT2D eigenvalue weighted by molar-refractivity contribution is 0.532. The smallest absolute Gasteiger partial charge is 0.247 e. The Hall–Kier alpha value is -3.47. The van der Waals surface area contributed by atoms with E-state index in [9.17, 15) is 0 Å². The molecule has 0 unspecified atom stereocenters. The van der Waals surface area contributed by atoms with Crippen LogP contribution in [0.3, 0.4) is 0 Å². The first kappa shape index (κ1) is 8.95. The van der Waals surface area contributed by atoms with Gasteiger partial charge >= 0.3 is 0 Å². The molecule has 0 atom stereocenters. The third-order valence-corrected chi connectivity index (χ3v) is 4.35. The lowest BCUT2D eigenvalue weighted by Crippen LogP contribution is -1.88. The molecule has 0 radical (unpaired) electrons. The van der Waals surface area contributed by atoms with Crippen molar-refractivity contribution in [2.24, 2.45) is 0 Å². The summed E-state index contributed by atoms with van der Waals surface area (Å²) in [5, 5.41) is 8.86. The minimum atomic E-state index is -2.66. The Morgan fingerprint density at radius 2 is 1.85 bits per heavy atom. The number of hydrogen-bond acceptors (Lipinski definition) is 5. The molecule has 0 saturated carbocycles. The third-order valence-electron chi connectivity index (χ3n) is 4.35. The fraction of sp³-hybridized carbons (Fsp3) is 0.136. The maximum atomic E-state index is 7.83. The highest BCUT2D eigenvalue weighted by Gasteiger charge is 2.15. The van der Waals surface area contributed by atoms with Crippen molar-refractivity contribution in [1.82, 2.24) is 15.2 Å².